The molecule has 140 valence electrons. The first-order chi connectivity index (χ1) is 12.9. The first-order valence-electron chi connectivity index (χ1n) is 8.19. The van der Waals surface area contributed by atoms with Crippen LogP contribution in [0.1, 0.15) is 17.5 Å². The number of nitrogens with one attached hydrogen (secondary N) is 1. The molecule has 1 fully saturated rings. The summed E-state index contributed by atoms with van der Waals surface area (Å²) < 4.78 is 10.6. The van der Waals surface area contributed by atoms with Crippen LogP contribution in [0.2, 0.25) is 5.02 Å². The minimum Gasteiger partial charge on any atom is -0.489 e. The Morgan fingerprint density at radius 1 is 1.07 bits per heavy atom. The van der Waals surface area contributed by atoms with Crippen molar-refractivity contribution in [3.8, 4) is 5.75 Å². The van der Waals surface area contributed by atoms with Crippen LogP contribution in [0.3, 0.4) is 0 Å². The lowest BCUT2D eigenvalue weighted by atomic mass is 10.0. The zero-order valence-corrected chi connectivity index (χ0v) is 15.0. The molecule has 1 atom stereocenters. The lowest BCUT2D eigenvalue weighted by Gasteiger charge is -2.23. The molecule has 27 heavy (non-hydrogen) atoms. The zero-order chi connectivity index (χ0) is 19.4. The van der Waals surface area contributed by atoms with Crippen molar-refractivity contribution in [3.05, 3.63) is 64.7 Å². The number of nitrogens with two attached hydrogens (primary N) is 1. The molecule has 7 nitrogen and oxygen atoms in total. The van der Waals surface area contributed by atoms with Gasteiger partial charge in [-0.15, -0.1) is 0 Å². The number of aryl methyl sites for hydroxylation is 1. The molecule has 1 unspecified atom stereocenters. The Hall–Kier alpha value is -3.06. The molecule has 0 aliphatic carbocycles. The summed E-state index contributed by atoms with van der Waals surface area (Å²) in [7, 11) is 0. The molecular weight excluding hydrogens is 372 g/mol. The maximum atomic E-state index is 11.6. The van der Waals surface area contributed by atoms with Crippen molar-refractivity contribution in [2.24, 2.45) is 5.73 Å². The Kier molecular flexibility index (Phi) is 5.32. The first kappa shape index (κ1) is 18.7. The van der Waals surface area contributed by atoms with Crippen molar-refractivity contribution in [1.29, 1.82) is 0 Å². The summed E-state index contributed by atoms with van der Waals surface area (Å²) >= 11 is 5.85. The fourth-order valence-electron chi connectivity index (χ4n) is 2.63. The lowest BCUT2D eigenvalue weighted by molar-refractivity contribution is -0.160. The molecule has 1 heterocycles. The summed E-state index contributed by atoms with van der Waals surface area (Å²) in [6, 6.07) is 14.6. The van der Waals surface area contributed by atoms with Crippen molar-refractivity contribution in [2.75, 3.05) is 0 Å². The predicted octanol–water partition coefficient (Wildman–Crippen LogP) is 1.71. The molecule has 0 bridgehead atoms. The number of hydrogen-bond donors (Lipinski definition) is 2. The minimum absolute atomic E-state index is 0.0464. The highest BCUT2D eigenvalue weighted by Gasteiger charge is 2.50. The molecule has 3 rings (SSSR count). The van der Waals surface area contributed by atoms with Crippen LogP contribution in [0.15, 0.2) is 48.5 Å². The van der Waals surface area contributed by atoms with Gasteiger partial charge in [-0.2, -0.15) is 0 Å². The second kappa shape index (κ2) is 7.67. The van der Waals surface area contributed by atoms with Gasteiger partial charge >= 0.3 is 11.9 Å². The summed E-state index contributed by atoms with van der Waals surface area (Å²) in [5.74, 6) is -2.32. The molecular formula is C19H17ClN2O5. The van der Waals surface area contributed by atoms with Crippen LogP contribution >= 0.6 is 11.6 Å². The topological polar surface area (TPSA) is 108 Å². The van der Waals surface area contributed by atoms with Gasteiger partial charge in [-0.05, 0) is 41.8 Å². The molecule has 1 aliphatic heterocycles. The predicted molar refractivity (Wildman–Crippen MR) is 96.7 cm³/mol. The van der Waals surface area contributed by atoms with Gasteiger partial charge in [-0.1, -0.05) is 35.9 Å². The van der Waals surface area contributed by atoms with Gasteiger partial charge in [0.05, 0.1) is 0 Å². The summed E-state index contributed by atoms with van der Waals surface area (Å²) in [6.45, 7) is 0.406. The Bertz CT molecular complexity index is 849. The van der Waals surface area contributed by atoms with E-state index in [1.165, 1.54) is 0 Å². The largest absolute Gasteiger partial charge is 0.489 e. The van der Waals surface area contributed by atoms with E-state index < -0.39 is 23.5 Å². The standard InChI is InChI=1S/C19H17ClN2O5/c20-14-5-1-13(2-6-14)11-26-15-7-3-12(4-8-15)9-10-19(18(21)25)22-16(23)17(24)27-19/h1-8H,9-11H2,(H2,21,25)(H,22,23). The fraction of sp³-hybridized carbons (Fsp3) is 0.211. The maximum Gasteiger partial charge on any atom is 0.399 e. The molecule has 2 aromatic rings. The molecule has 3 N–H and O–H groups in total. The van der Waals surface area contributed by atoms with Gasteiger partial charge < -0.3 is 20.5 Å². The highest BCUT2D eigenvalue weighted by Crippen LogP contribution is 2.22. The van der Waals surface area contributed by atoms with Gasteiger partial charge in [0.2, 0.25) is 0 Å². The average molecular weight is 389 g/mol. The average Bonchev–Trinajstić information content (AvgIpc) is 2.96. The van der Waals surface area contributed by atoms with E-state index in [2.05, 4.69) is 5.32 Å². The first-order valence-corrected chi connectivity index (χ1v) is 8.57. The number of ether oxygens (including phenoxy) is 2. The molecule has 8 heteroatoms. The van der Waals surface area contributed by atoms with E-state index in [4.69, 9.17) is 26.8 Å². The van der Waals surface area contributed by atoms with E-state index in [0.717, 1.165) is 11.1 Å². The highest BCUT2D eigenvalue weighted by atomic mass is 35.5. The second-order valence-corrected chi connectivity index (χ2v) is 6.53. The van der Waals surface area contributed by atoms with Crippen molar-refractivity contribution in [3.63, 3.8) is 0 Å². The van der Waals surface area contributed by atoms with E-state index in [9.17, 15) is 14.4 Å². The number of carbonyl (C=O) groups excluding carboxylic acids is 3. The van der Waals surface area contributed by atoms with Crippen LogP contribution < -0.4 is 15.8 Å². The smallest absolute Gasteiger partial charge is 0.399 e. The molecule has 1 aliphatic rings. The van der Waals surface area contributed by atoms with Gasteiger partial charge in [0.25, 0.3) is 11.6 Å². The summed E-state index contributed by atoms with van der Waals surface area (Å²) in [4.78, 5) is 34.3. The highest BCUT2D eigenvalue weighted by molar-refractivity contribution is 6.35. The number of cyclic esters (lactones) is 1. The summed E-state index contributed by atoms with van der Waals surface area (Å²) in [6.07, 6.45) is 0.415. The number of primary amides is 1. The quantitative estimate of drug-likeness (QED) is 0.554. The van der Waals surface area contributed by atoms with Crippen molar-refractivity contribution in [2.45, 2.75) is 25.2 Å². The minimum atomic E-state index is -1.79. The van der Waals surface area contributed by atoms with Crippen LogP contribution in [0.5, 0.6) is 5.75 Å². The third-order valence-corrected chi connectivity index (χ3v) is 4.43. The van der Waals surface area contributed by atoms with Crippen LogP contribution in [-0.4, -0.2) is 23.5 Å². The molecule has 0 spiro atoms. The Labute approximate surface area is 160 Å². The molecule has 0 saturated carbocycles. The van der Waals surface area contributed by atoms with Crippen molar-refractivity contribution in [1.82, 2.24) is 5.32 Å². The number of benzene rings is 2. The Balaban J connectivity index is 1.57. The third-order valence-electron chi connectivity index (χ3n) is 4.17. The fourth-order valence-corrected chi connectivity index (χ4v) is 2.76. The molecule has 2 aromatic carbocycles. The molecule has 0 aromatic heterocycles. The number of carbonyl (C=O) groups is 3. The molecule has 1 saturated heterocycles. The maximum absolute atomic E-state index is 11.6. The normalized spacial score (nSPS) is 18.7. The second-order valence-electron chi connectivity index (χ2n) is 6.09. The number of rotatable bonds is 7. The number of halogens is 1. The van der Waals surface area contributed by atoms with E-state index >= 15 is 0 Å². The summed E-state index contributed by atoms with van der Waals surface area (Å²) in [5, 5.41) is 2.89. The SMILES string of the molecule is NC(=O)C1(CCc2ccc(OCc3ccc(Cl)cc3)cc2)NC(=O)C(=O)O1. The van der Waals surface area contributed by atoms with Crippen LogP contribution in [-0.2, 0) is 32.1 Å². The van der Waals surface area contributed by atoms with Crippen LogP contribution in [0.25, 0.3) is 0 Å². The summed E-state index contributed by atoms with van der Waals surface area (Å²) in [5.41, 5.74) is 5.36. The van der Waals surface area contributed by atoms with Crippen molar-refractivity contribution < 1.29 is 23.9 Å². The van der Waals surface area contributed by atoms with E-state index in [1.54, 1.807) is 24.3 Å². The lowest BCUT2D eigenvalue weighted by Crippen LogP contribution is -2.54. The van der Waals surface area contributed by atoms with Gasteiger partial charge in [0.1, 0.15) is 12.4 Å². The zero-order valence-electron chi connectivity index (χ0n) is 14.2. The van der Waals surface area contributed by atoms with Crippen molar-refractivity contribution >= 4 is 29.4 Å². The monoisotopic (exact) mass is 388 g/mol. The van der Waals surface area contributed by atoms with E-state index in [0.29, 0.717) is 23.8 Å². The van der Waals surface area contributed by atoms with Gasteiger partial charge in [0, 0.05) is 11.4 Å². The Morgan fingerprint density at radius 2 is 1.70 bits per heavy atom. The Morgan fingerprint density at radius 3 is 2.26 bits per heavy atom. The van der Waals surface area contributed by atoms with Crippen LogP contribution in [0, 0.1) is 0 Å². The molecule has 2 amide bonds. The number of hydrogen-bond acceptors (Lipinski definition) is 5. The number of esters is 1. The van der Waals surface area contributed by atoms with Gasteiger partial charge in [-0.25, -0.2) is 4.79 Å². The van der Waals surface area contributed by atoms with Gasteiger partial charge in [-0.3, -0.25) is 9.59 Å². The number of amides is 2. The third kappa shape index (κ3) is 4.38. The van der Waals surface area contributed by atoms with E-state index in [1.807, 2.05) is 24.3 Å². The van der Waals surface area contributed by atoms with E-state index in [-0.39, 0.29) is 6.42 Å². The van der Waals surface area contributed by atoms with Gasteiger partial charge in [0.15, 0.2) is 0 Å². The van der Waals surface area contributed by atoms with Crippen LogP contribution in [0.4, 0.5) is 0 Å². The molecule has 0 radical (unpaired) electrons.